The summed E-state index contributed by atoms with van der Waals surface area (Å²) in [5.41, 5.74) is 8.79. The number of methoxy groups -OCH3 is 1. The molecule has 3 aliphatic rings. The molecule has 1 aliphatic heterocycles. The third-order valence-corrected chi connectivity index (χ3v) is 6.22. The molecular weight excluding hydrogens is 326 g/mol. The summed E-state index contributed by atoms with van der Waals surface area (Å²) in [6, 6.07) is 6.47. The van der Waals surface area contributed by atoms with Crippen LogP contribution in [0.25, 0.3) is 0 Å². The van der Waals surface area contributed by atoms with Gasteiger partial charge in [-0.15, -0.1) is 0 Å². The summed E-state index contributed by atoms with van der Waals surface area (Å²) in [5.74, 6) is 6.84. The summed E-state index contributed by atoms with van der Waals surface area (Å²) < 4.78 is 5.60. The van der Waals surface area contributed by atoms with Crippen molar-refractivity contribution in [1.82, 2.24) is 5.06 Å². The van der Waals surface area contributed by atoms with Crippen LogP contribution in [0.4, 0.5) is 0 Å². The topological polar surface area (TPSA) is 60.1 Å². The van der Waals surface area contributed by atoms with Gasteiger partial charge in [0.15, 0.2) is 0 Å². The summed E-state index contributed by atoms with van der Waals surface area (Å²) >= 11 is 0. The van der Waals surface area contributed by atoms with Crippen molar-refractivity contribution in [2.45, 2.75) is 57.3 Å². The van der Waals surface area contributed by atoms with Crippen molar-refractivity contribution in [1.29, 1.82) is 0 Å². The molecule has 4 rings (SSSR count). The van der Waals surface area contributed by atoms with Crippen LogP contribution in [-0.2, 0) is 21.7 Å². The highest BCUT2D eigenvalue weighted by Crippen LogP contribution is 2.61. The lowest BCUT2D eigenvalue weighted by Gasteiger charge is -2.45. The van der Waals surface area contributed by atoms with Crippen molar-refractivity contribution in [3.63, 3.8) is 0 Å². The number of hydroxylamine groups is 2. The van der Waals surface area contributed by atoms with Gasteiger partial charge in [0.2, 0.25) is 11.7 Å². The molecule has 2 N–H and O–H groups in total. The molecule has 1 unspecified atom stereocenters. The van der Waals surface area contributed by atoms with Gasteiger partial charge in [-0.25, -0.2) is 14.9 Å². The first-order valence-corrected chi connectivity index (χ1v) is 9.47. The van der Waals surface area contributed by atoms with Gasteiger partial charge < -0.3 is 10.5 Å². The van der Waals surface area contributed by atoms with Crippen LogP contribution in [-0.4, -0.2) is 31.3 Å². The maximum Gasteiger partial charge on any atom is 0.220 e. The first-order chi connectivity index (χ1) is 12.5. The van der Waals surface area contributed by atoms with Crippen LogP contribution in [0, 0.1) is 17.3 Å². The molecule has 26 heavy (non-hydrogen) atoms. The molecule has 2 aliphatic carbocycles. The molecule has 2 spiro atoms. The average Bonchev–Trinajstić information content (AvgIpc) is 3.09. The van der Waals surface area contributed by atoms with Crippen LogP contribution >= 0.6 is 0 Å². The molecule has 5 heteroatoms. The number of fused-ring (bicyclic) bond motifs is 3. The van der Waals surface area contributed by atoms with Gasteiger partial charge in [-0.1, -0.05) is 24.8 Å². The second-order valence-electron chi connectivity index (χ2n) is 7.62. The van der Waals surface area contributed by atoms with Crippen molar-refractivity contribution in [3.05, 3.63) is 34.9 Å². The first-order valence-electron chi connectivity index (χ1n) is 9.47. The van der Waals surface area contributed by atoms with Crippen LogP contribution < -0.4 is 5.73 Å². The van der Waals surface area contributed by atoms with Gasteiger partial charge in [0.1, 0.15) is 0 Å². The lowest BCUT2D eigenvalue weighted by atomic mass is 9.66. The SMILES string of the molecule is CCC#Cc1ccc2c(c1)C1(N=C(N)N(C)O1)C1(CCC(OC)CC1)C2. The number of hydrogen-bond donors (Lipinski definition) is 1. The Labute approximate surface area is 155 Å². The number of nitrogens with two attached hydrogens (primary N) is 1. The summed E-state index contributed by atoms with van der Waals surface area (Å²) in [5, 5.41) is 1.61. The standard InChI is InChI=1S/C21H27N3O2/c1-4-5-6-15-7-8-16-14-20(11-9-17(25-3)10-12-20)21(18(16)13-15)23-19(22)24(2)26-21/h7-8,13,17H,4,9-12,14H2,1-3H3,(H2,22,23). The second kappa shape index (κ2) is 6.29. The molecule has 1 saturated carbocycles. The molecule has 0 aromatic heterocycles. The highest BCUT2D eigenvalue weighted by molar-refractivity contribution is 5.79. The van der Waals surface area contributed by atoms with E-state index in [0.717, 1.165) is 49.7 Å². The van der Waals surface area contributed by atoms with Crippen LogP contribution in [0.1, 0.15) is 55.7 Å². The predicted molar refractivity (Wildman–Crippen MR) is 101 cm³/mol. The molecule has 0 radical (unpaired) electrons. The highest BCUT2D eigenvalue weighted by Gasteiger charge is 2.63. The predicted octanol–water partition coefficient (Wildman–Crippen LogP) is 2.92. The fraction of sp³-hybridized carbons (Fsp3) is 0.571. The Morgan fingerprint density at radius 1 is 1.38 bits per heavy atom. The largest absolute Gasteiger partial charge is 0.381 e. The number of ether oxygens (including phenoxy) is 1. The minimum atomic E-state index is -0.732. The first kappa shape index (κ1) is 17.4. The van der Waals surface area contributed by atoms with E-state index in [1.807, 2.05) is 7.05 Å². The van der Waals surface area contributed by atoms with Gasteiger partial charge in [0.25, 0.3) is 0 Å². The quantitative estimate of drug-likeness (QED) is 0.789. The van der Waals surface area contributed by atoms with Crippen molar-refractivity contribution in [2.24, 2.45) is 16.1 Å². The molecule has 1 atom stereocenters. The summed E-state index contributed by atoms with van der Waals surface area (Å²) in [6.45, 7) is 2.06. The molecule has 1 aromatic rings. The number of rotatable bonds is 1. The zero-order chi connectivity index (χ0) is 18.4. The average molecular weight is 353 g/mol. The Morgan fingerprint density at radius 2 is 2.15 bits per heavy atom. The fourth-order valence-electron chi connectivity index (χ4n) is 4.80. The van der Waals surface area contributed by atoms with Gasteiger partial charge in [-0.2, -0.15) is 0 Å². The smallest absolute Gasteiger partial charge is 0.220 e. The summed E-state index contributed by atoms with van der Waals surface area (Å²) in [6.07, 6.45) is 6.21. The molecule has 1 heterocycles. The maximum absolute atomic E-state index is 6.39. The zero-order valence-electron chi connectivity index (χ0n) is 15.8. The minimum absolute atomic E-state index is 0.0729. The van der Waals surface area contributed by atoms with Crippen molar-refractivity contribution < 1.29 is 9.57 Å². The zero-order valence-corrected chi connectivity index (χ0v) is 15.8. The molecule has 0 bridgehead atoms. The van der Waals surface area contributed by atoms with E-state index in [0.29, 0.717) is 12.1 Å². The Kier molecular flexibility index (Phi) is 4.21. The molecule has 138 valence electrons. The molecule has 1 fully saturated rings. The third kappa shape index (κ3) is 2.44. The van der Waals surface area contributed by atoms with Crippen molar-refractivity contribution >= 4 is 5.96 Å². The van der Waals surface area contributed by atoms with Crippen LogP contribution in [0.5, 0.6) is 0 Å². The van der Waals surface area contributed by atoms with Gasteiger partial charge in [0, 0.05) is 37.1 Å². The van der Waals surface area contributed by atoms with Gasteiger partial charge in [-0.05, 0) is 49.8 Å². The van der Waals surface area contributed by atoms with Gasteiger partial charge in [0.05, 0.1) is 6.10 Å². The highest BCUT2D eigenvalue weighted by atomic mass is 16.7. The van der Waals surface area contributed by atoms with E-state index in [1.54, 1.807) is 12.2 Å². The van der Waals surface area contributed by atoms with Gasteiger partial charge >= 0.3 is 0 Å². The van der Waals surface area contributed by atoms with E-state index < -0.39 is 5.72 Å². The second-order valence-corrected chi connectivity index (χ2v) is 7.62. The molecule has 1 aromatic carbocycles. The Hall–Kier alpha value is -2.03. The normalized spacial score (nSPS) is 32.5. The molecule has 0 amide bonds. The fourth-order valence-corrected chi connectivity index (χ4v) is 4.80. The van der Waals surface area contributed by atoms with E-state index in [4.69, 9.17) is 20.3 Å². The van der Waals surface area contributed by atoms with Crippen LogP contribution in [0.3, 0.4) is 0 Å². The Bertz CT molecular complexity index is 799. The molecule has 5 nitrogen and oxygen atoms in total. The Morgan fingerprint density at radius 3 is 2.77 bits per heavy atom. The van der Waals surface area contributed by atoms with E-state index in [-0.39, 0.29) is 5.41 Å². The number of aliphatic imine (C=N–C) groups is 1. The summed E-state index contributed by atoms with van der Waals surface area (Å²) in [7, 11) is 3.64. The lowest BCUT2D eigenvalue weighted by molar-refractivity contribution is -0.232. The van der Waals surface area contributed by atoms with E-state index in [2.05, 4.69) is 37.0 Å². The third-order valence-electron chi connectivity index (χ3n) is 6.22. The monoisotopic (exact) mass is 353 g/mol. The number of guanidine groups is 1. The van der Waals surface area contributed by atoms with Crippen LogP contribution in [0.15, 0.2) is 23.2 Å². The number of nitrogens with zero attached hydrogens (tertiary/aromatic N) is 2. The van der Waals surface area contributed by atoms with Crippen molar-refractivity contribution in [3.8, 4) is 11.8 Å². The van der Waals surface area contributed by atoms with Crippen LogP contribution in [0.2, 0.25) is 0 Å². The number of hydrogen-bond acceptors (Lipinski definition) is 5. The maximum atomic E-state index is 6.39. The van der Waals surface area contributed by atoms with E-state index in [9.17, 15) is 0 Å². The van der Waals surface area contributed by atoms with E-state index >= 15 is 0 Å². The van der Waals surface area contributed by atoms with Gasteiger partial charge in [-0.3, -0.25) is 0 Å². The number of benzene rings is 1. The van der Waals surface area contributed by atoms with Crippen molar-refractivity contribution in [2.75, 3.05) is 14.2 Å². The Balaban J connectivity index is 1.81. The molecule has 0 saturated heterocycles. The minimum Gasteiger partial charge on any atom is -0.381 e. The van der Waals surface area contributed by atoms with E-state index in [1.165, 1.54) is 5.56 Å². The summed E-state index contributed by atoms with van der Waals surface area (Å²) in [4.78, 5) is 11.3. The lowest BCUT2D eigenvalue weighted by Crippen LogP contribution is -2.46. The molecular formula is C21H27N3O2.